The molecule has 6 nitrogen and oxygen atoms in total. The maximum Gasteiger partial charge on any atom is 0.312 e. The van der Waals surface area contributed by atoms with Gasteiger partial charge in [-0.3, -0.25) is 10.1 Å². The molecule has 0 atom stereocenters. The molecule has 0 aliphatic rings. The van der Waals surface area contributed by atoms with E-state index in [9.17, 15) is 10.1 Å². The van der Waals surface area contributed by atoms with Crippen LogP contribution in [0.1, 0.15) is 13.3 Å². The third-order valence-corrected chi connectivity index (χ3v) is 2.31. The third-order valence-electron chi connectivity index (χ3n) is 2.10. The maximum atomic E-state index is 10.8. The molecule has 7 heteroatoms. The molecule has 0 aliphatic carbocycles. The SMILES string of the molecule is CCNCCCNc1ncc(Cl)cc1[N+](=O)[O-]. The highest BCUT2D eigenvalue weighted by Gasteiger charge is 2.15. The molecule has 0 fully saturated rings. The number of nitrogens with zero attached hydrogens (tertiary/aromatic N) is 2. The van der Waals surface area contributed by atoms with Crippen LogP contribution >= 0.6 is 11.6 Å². The van der Waals surface area contributed by atoms with E-state index in [0.717, 1.165) is 19.5 Å². The number of pyridine rings is 1. The van der Waals surface area contributed by atoms with Gasteiger partial charge in [-0.15, -0.1) is 0 Å². The van der Waals surface area contributed by atoms with Crippen molar-refractivity contribution in [2.24, 2.45) is 0 Å². The predicted octanol–water partition coefficient (Wildman–Crippen LogP) is 2.05. The second-order valence-electron chi connectivity index (χ2n) is 3.41. The van der Waals surface area contributed by atoms with Gasteiger partial charge in [-0.05, 0) is 19.5 Å². The summed E-state index contributed by atoms with van der Waals surface area (Å²) >= 11 is 5.66. The Morgan fingerprint density at radius 2 is 2.29 bits per heavy atom. The minimum atomic E-state index is -0.495. The Morgan fingerprint density at radius 1 is 1.53 bits per heavy atom. The Morgan fingerprint density at radius 3 is 2.94 bits per heavy atom. The van der Waals surface area contributed by atoms with Crippen molar-refractivity contribution in [1.82, 2.24) is 10.3 Å². The molecule has 0 saturated carbocycles. The second kappa shape index (κ2) is 7.03. The zero-order valence-electron chi connectivity index (χ0n) is 9.57. The molecule has 1 aromatic rings. The van der Waals surface area contributed by atoms with Gasteiger partial charge in [-0.2, -0.15) is 0 Å². The molecule has 0 radical (unpaired) electrons. The molecule has 0 saturated heterocycles. The quantitative estimate of drug-likeness (QED) is 0.445. The number of aromatic nitrogens is 1. The predicted molar refractivity (Wildman–Crippen MR) is 67.6 cm³/mol. The van der Waals surface area contributed by atoms with Gasteiger partial charge >= 0.3 is 5.69 Å². The van der Waals surface area contributed by atoms with Gasteiger partial charge in [0.25, 0.3) is 0 Å². The van der Waals surface area contributed by atoms with Crippen LogP contribution < -0.4 is 10.6 Å². The molecule has 0 bridgehead atoms. The lowest BCUT2D eigenvalue weighted by Crippen LogP contribution is -2.17. The zero-order valence-corrected chi connectivity index (χ0v) is 10.3. The highest BCUT2D eigenvalue weighted by Crippen LogP contribution is 2.24. The first-order valence-corrected chi connectivity index (χ1v) is 5.77. The van der Waals surface area contributed by atoms with Crippen molar-refractivity contribution in [3.63, 3.8) is 0 Å². The molecular formula is C10H15ClN4O2. The lowest BCUT2D eigenvalue weighted by atomic mass is 10.3. The Bertz CT molecular complexity index is 387. The number of rotatable bonds is 7. The average molecular weight is 259 g/mol. The fourth-order valence-electron chi connectivity index (χ4n) is 1.30. The highest BCUT2D eigenvalue weighted by atomic mass is 35.5. The summed E-state index contributed by atoms with van der Waals surface area (Å²) in [6.45, 7) is 4.44. The average Bonchev–Trinajstić information content (AvgIpc) is 2.30. The summed E-state index contributed by atoms with van der Waals surface area (Å²) < 4.78 is 0. The molecule has 2 N–H and O–H groups in total. The minimum absolute atomic E-state index is 0.0963. The lowest BCUT2D eigenvalue weighted by molar-refractivity contribution is -0.384. The van der Waals surface area contributed by atoms with E-state index in [1.165, 1.54) is 12.3 Å². The molecule has 0 aliphatic heterocycles. The molecule has 1 aromatic heterocycles. The first kappa shape index (κ1) is 13.7. The van der Waals surface area contributed by atoms with Gasteiger partial charge in [0.15, 0.2) is 0 Å². The number of anilines is 1. The van der Waals surface area contributed by atoms with Crippen LogP contribution in [0.15, 0.2) is 12.3 Å². The van der Waals surface area contributed by atoms with Crippen molar-refractivity contribution in [1.29, 1.82) is 0 Å². The summed E-state index contributed by atoms with van der Waals surface area (Å²) in [5.41, 5.74) is -0.0963. The number of hydrogen-bond donors (Lipinski definition) is 2. The van der Waals surface area contributed by atoms with Gasteiger partial charge in [0.1, 0.15) is 0 Å². The van der Waals surface area contributed by atoms with Gasteiger partial charge in [-0.1, -0.05) is 18.5 Å². The van der Waals surface area contributed by atoms with Crippen LogP contribution in [0.5, 0.6) is 0 Å². The van der Waals surface area contributed by atoms with E-state index in [4.69, 9.17) is 11.6 Å². The molecule has 0 aromatic carbocycles. The molecule has 0 amide bonds. The van der Waals surface area contributed by atoms with Gasteiger partial charge in [-0.25, -0.2) is 4.98 Å². The molecule has 1 rings (SSSR count). The zero-order chi connectivity index (χ0) is 12.7. The number of nitro groups is 1. The van der Waals surface area contributed by atoms with Crippen LogP contribution in [0.25, 0.3) is 0 Å². The van der Waals surface area contributed by atoms with Crippen molar-refractivity contribution in [2.45, 2.75) is 13.3 Å². The summed E-state index contributed by atoms with van der Waals surface area (Å²) in [5, 5.41) is 17.1. The smallest absolute Gasteiger partial charge is 0.312 e. The maximum absolute atomic E-state index is 10.8. The van der Waals surface area contributed by atoms with Gasteiger partial charge in [0.2, 0.25) is 5.82 Å². The summed E-state index contributed by atoms with van der Waals surface area (Å²) in [7, 11) is 0. The number of halogens is 1. The molecular weight excluding hydrogens is 244 g/mol. The van der Waals surface area contributed by atoms with E-state index in [2.05, 4.69) is 15.6 Å². The molecule has 0 unspecified atom stereocenters. The van der Waals surface area contributed by atoms with E-state index >= 15 is 0 Å². The van der Waals surface area contributed by atoms with Gasteiger partial charge < -0.3 is 10.6 Å². The molecule has 94 valence electrons. The lowest BCUT2D eigenvalue weighted by Gasteiger charge is -2.06. The van der Waals surface area contributed by atoms with E-state index in [1.54, 1.807) is 0 Å². The van der Waals surface area contributed by atoms with Gasteiger partial charge in [0, 0.05) is 18.8 Å². The van der Waals surface area contributed by atoms with E-state index < -0.39 is 4.92 Å². The van der Waals surface area contributed by atoms with Gasteiger partial charge in [0.05, 0.1) is 9.95 Å². The Labute approximate surface area is 105 Å². The Kier molecular flexibility index (Phi) is 5.65. The van der Waals surface area contributed by atoms with Crippen molar-refractivity contribution in [3.8, 4) is 0 Å². The van der Waals surface area contributed by atoms with Crippen molar-refractivity contribution < 1.29 is 4.92 Å². The summed E-state index contributed by atoms with van der Waals surface area (Å²) in [4.78, 5) is 14.2. The van der Waals surface area contributed by atoms with Crippen LogP contribution in [0, 0.1) is 10.1 Å². The van der Waals surface area contributed by atoms with Crippen molar-refractivity contribution in [3.05, 3.63) is 27.4 Å². The van der Waals surface area contributed by atoms with Crippen molar-refractivity contribution in [2.75, 3.05) is 25.0 Å². The summed E-state index contributed by atoms with van der Waals surface area (Å²) in [5.74, 6) is 0.260. The van der Waals surface area contributed by atoms with E-state index in [0.29, 0.717) is 6.54 Å². The first-order chi connectivity index (χ1) is 8.15. The first-order valence-electron chi connectivity index (χ1n) is 5.39. The topological polar surface area (TPSA) is 80.1 Å². The van der Waals surface area contributed by atoms with E-state index in [-0.39, 0.29) is 16.5 Å². The summed E-state index contributed by atoms with van der Waals surface area (Å²) in [6.07, 6.45) is 2.26. The minimum Gasteiger partial charge on any atom is -0.364 e. The summed E-state index contributed by atoms with van der Waals surface area (Å²) in [6, 6.07) is 1.29. The molecule has 1 heterocycles. The van der Waals surface area contributed by atoms with Crippen LogP contribution in [-0.4, -0.2) is 29.5 Å². The largest absolute Gasteiger partial charge is 0.364 e. The number of hydrogen-bond acceptors (Lipinski definition) is 5. The molecule has 0 spiro atoms. The third kappa shape index (κ3) is 4.54. The monoisotopic (exact) mass is 258 g/mol. The van der Waals surface area contributed by atoms with Crippen LogP contribution in [0.4, 0.5) is 11.5 Å². The Hall–Kier alpha value is -1.40. The molecule has 17 heavy (non-hydrogen) atoms. The van der Waals surface area contributed by atoms with Crippen LogP contribution in [0.2, 0.25) is 5.02 Å². The van der Waals surface area contributed by atoms with Crippen LogP contribution in [-0.2, 0) is 0 Å². The normalized spacial score (nSPS) is 10.2. The van der Waals surface area contributed by atoms with E-state index in [1.807, 2.05) is 6.92 Å². The van der Waals surface area contributed by atoms with Crippen molar-refractivity contribution >= 4 is 23.1 Å². The fraction of sp³-hybridized carbons (Fsp3) is 0.500. The Balaban J connectivity index is 2.55. The fourth-order valence-corrected chi connectivity index (χ4v) is 1.45. The second-order valence-corrected chi connectivity index (χ2v) is 3.85. The van der Waals surface area contributed by atoms with Crippen LogP contribution in [0.3, 0.4) is 0 Å². The standard InChI is InChI=1S/C10H15ClN4O2/c1-2-12-4-3-5-13-10-9(15(16)17)6-8(11)7-14-10/h6-7,12H,2-5H2,1H3,(H,13,14). The highest BCUT2D eigenvalue weighted by molar-refractivity contribution is 6.30. The number of nitrogens with one attached hydrogen (secondary N) is 2.